The lowest BCUT2D eigenvalue weighted by Gasteiger charge is -2.30. The van der Waals surface area contributed by atoms with Crippen molar-refractivity contribution in [2.45, 2.75) is 63.3 Å². The smallest absolute Gasteiger partial charge is 0.408 e. The van der Waals surface area contributed by atoms with Gasteiger partial charge in [-0.1, -0.05) is 30.3 Å². The Hall–Kier alpha value is -3.25. The van der Waals surface area contributed by atoms with Crippen molar-refractivity contribution >= 4 is 17.8 Å². The fourth-order valence-electron chi connectivity index (χ4n) is 4.01. The minimum Gasteiger partial charge on any atom is -0.436 e. The van der Waals surface area contributed by atoms with Crippen LogP contribution in [0.1, 0.15) is 36.8 Å². The number of hydrogen-bond donors (Lipinski definition) is 4. The van der Waals surface area contributed by atoms with Crippen LogP contribution >= 0.6 is 0 Å². The highest BCUT2D eigenvalue weighted by Gasteiger charge is 2.36. The molecule has 12 heteroatoms. The summed E-state index contributed by atoms with van der Waals surface area (Å²) in [6, 6.07) is 10.2. The van der Waals surface area contributed by atoms with Crippen LogP contribution in [0.15, 0.2) is 48.7 Å². The number of ether oxygens (including phenoxy) is 1. The van der Waals surface area contributed by atoms with E-state index in [1.165, 1.54) is 12.3 Å². The van der Waals surface area contributed by atoms with Crippen LogP contribution in [-0.2, 0) is 22.6 Å². The zero-order valence-electron chi connectivity index (χ0n) is 20.1. The van der Waals surface area contributed by atoms with Crippen LogP contribution in [-0.4, -0.2) is 48.0 Å². The molecule has 3 rings (SSSR count). The van der Waals surface area contributed by atoms with Gasteiger partial charge in [-0.25, -0.2) is 14.2 Å². The number of carbonyl (C=O) groups is 2. The summed E-state index contributed by atoms with van der Waals surface area (Å²) in [5, 5.41) is 7.85. The third kappa shape index (κ3) is 9.29. The third-order valence-electron chi connectivity index (χ3n) is 6.09. The number of anilines is 1. The van der Waals surface area contributed by atoms with Gasteiger partial charge in [-0.2, -0.15) is 13.2 Å². The van der Waals surface area contributed by atoms with Gasteiger partial charge in [0.1, 0.15) is 18.0 Å². The molecule has 1 aliphatic rings. The Morgan fingerprint density at radius 3 is 2.43 bits per heavy atom. The topological polar surface area (TPSA) is 118 Å². The van der Waals surface area contributed by atoms with Gasteiger partial charge in [-0.15, -0.1) is 0 Å². The number of aromatic nitrogens is 1. The normalized spacial score (nSPS) is 19.5. The summed E-state index contributed by atoms with van der Waals surface area (Å²) in [6.45, 7) is -0.198. The van der Waals surface area contributed by atoms with Gasteiger partial charge in [0, 0.05) is 31.7 Å². The van der Waals surface area contributed by atoms with E-state index in [9.17, 15) is 27.2 Å². The minimum absolute atomic E-state index is 0.0670. The van der Waals surface area contributed by atoms with E-state index in [1.807, 2.05) is 30.3 Å². The van der Waals surface area contributed by atoms with Crippen LogP contribution in [0.2, 0.25) is 0 Å². The van der Waals surface area contributed by atoms with Gasteiger partial charge in [0.05, 0.1) is 0 Å². The van der Waals surface area contributed by atoms with Crippen LogP contribution in [0.4, 0.5) is 28.2 Å². The zero-order chi connectivity index (χ0) is 26.8. The van der Waals surface area contributed by atoms with Crippen molar-refractivity contribution in [3.63, 3.8) is 0 Å². The van der Waals surface area contributed by atoms with Crippen LogP contribution < -0.4 is 21.7 Å². The molecule has 1 saturated carbocycles. The fourth-order valence-corrected chi connectivity index (χ4v) is 4.01. The second-order valence-corrected chi connectivity index (χ2v) is 8.99. The molecule has 1 aromatic heterocycles. The van der Waals surface area contributed by atoms with E-state index in [0.29, 0.717) is 18.4 Å². The Labute approximate surface area is 212 Å². The van der Waals surface area contributed by atoms with Crippen molar-refractivity contribution < 1.29 is 31.9 Å². The molecule has 1 unspecified atom stereocenters. The summed E-state index contributed by atoms with van der Waals surface area (Å²) in [6.07, 6.45) is -4.73. The standard InChI is InChI=1S/C25H31F4N5O3/c26-19-8-6-18(7-9-19)22(37-24(36)33-14-16-4-2-1-3-5-16)23(35)34-21-12-17(10-11-32-21)13-31-15-20(30)25(27,28)29/h1-5,10-12,18-20,22,31H,6-9,13-15,30H2,(H,33,36)(H,32,34,35)/t18?,19?,20-,22?/m0/s1. The lowest BCUT2D eigenvalue weighted by Crippen LogP contribution is -2.45. The molecule has 202 valence electrons. The molecule has 1 aliphatic carbocycles. The molecule has 0 spiro atoms. The molecule has 0 bridgehead atoms. The van der Waals surface area contributed by atoms with E-state index < -0.39 is 43.0 Å². The Balaban J connectivity index is 1.61. The number of carbonyl (C=O) groups excluding carboxylic acids is 2. The molecule has 0 radical (unpaired) electrons. The highest BCUT2D eigenvalue weighted by atomic mass is 19.4. The number of nitrogens with one attached hydrogen (secondary N) is 3. The van der Waals surface area contributed by atoms with E-state index >= 15 is 0 Å². The molecule has 8 nitrogen and oxygen atoms in total. The van der Waals surface area contributed by atoms with Crippen molar-refractivity contribution in [2.75, 3.05) is 11.9 Å². The number of pyridine rings is 1. The summed E-state index contributed by atoms with van der Waals surface area (Å²) >= 11 is 0. The Bertz CT molecular complexity index is 1020. The first-order valence-corrected chi connectivity index (χ1v) is 12.0. The van der Waals surface area contributed by atoms with E-state index in [2.05, 4.69) is 20.9 Å². The summed E-state index contributed by atoms with van der Waals surface area (Å²) in [7, 11) is 0. The van der Waals surface area contributed by atoms with Gasteiger partial charge in [-0.3, -0.25) is 4.79 Å². The second-order valence-electron chi connectivity index (χ2n) is 8.99. The largest absolute Gasteiger partial charge is 0.436 e. The van der Waals surface area contributed by atoms with E-state index in [0.717, 1.165) is 5.56 Å². The lowest BCUT2D eigenvalue weighted by atomic mass is 9.84. The maximum atomic E-state index is 13.7. The average Bonchev–Trinajstić information content (AvgIpc) is 2.87. The molecule has 2 amide bonds. The molecule has 1 fully saturated rings. The lowest BCUT2D eigenvalue weighted by molar-refractivity contribution is -0.146. The maximum Gasteiger partial charge on any atom is 0.408 e. The highest BCUT2D eigenvalue weighted by Crippen LogP contribution is 2.30. The van der Waals surface area contributed by atoms with Gasteiger partial charge >= 0.3 is 12.3 Å². The Morgan fingerprint density at radius 1 is 1.05 bits per heavy atom. The molecule has 1 heterocycles. The second kappa shape index (κ2) is 13.3. The molecule has 2 aromatic rings. The molecule has 0 aliphatic heterocycles. The van der Waals surface area contributed by atoms with E-state index in [-0.39, 0.29) is 37.7 Å². The molecule has 1 aromatic carbocycles. The predicted octanol–water partition coefficient (Wildman–Crippen LogP) is 3.82. The SMILES string of the molecule is N[C@@H](CNCc1ccnc(NC(=O)C(OC(=O)NCc2ccccc2)C2CCC(F)CC2)c1)C(F)(F)F. The number of nitrogens with two attached hydrogens (primary N) is 1. The number of rotatable bonds is 10. The fraction of sp³-hybridized carbons (Fsp3) is 0.480. The van der Waals surface area contributed by atoms with Crippen LogP contribution in [0.3, 0.4) is 0 Å². The molecular weight excluding hydrogens is 494 g/mol. The van der Waals surface area contributed by atoms with Gasteiger partial charge in [-0.05, 0) is 48.9 Å². The quantitative estimate of drug-likeness (QED) is 0.350. The van der Waals surface area contributed by atoms with Crippen molar-refractivity contribution in [3.8, 4) is 0 Å². The van der Waals surface area contributed by atoms with Crippen LogP contribution in [0.5, 0.6) is 0 Å². The van der Waals surface area contributed by atoms with Crippen molar-refractivity contribution in [1.29, 1.82) is 0 Å². The number of halogens is 4. The average molecular weight is 526 g/mol. The first kappa shape index (κ1) is 28.3. The number of benzene rings is 1. The van der Waals surface area contributed by atoms with Crippen molar-refractivity contribution in [2.24, 2.45) is 11.7 Å². The van der Waals surface area contributed by atoms with Crippen molar-refractivity contribution in [3.05, 3.63) is 59.8 Å². The first-order chi connectivity index (χ1) is 17.6. The summed E-state index contributed by atoms with van der Waals surface area (Å²) in [5.74, 6) is -0.848. The third-order valence-corrected chi connectivity index (χ3v) is 6.09. The minimum atomic E-state index is -4.51. The Kier molecular flexibility index (Phi) is 10.2. The maximum absolute atomic E-state index is 13.7. The number of amides is 2. The van der Waals surface area contributed by atoms with Crippen molar-refractivity contribution in [1.82, 2.24) is 15.6 Å². The Morgan fingerprint density at radius 2 is 1.76 bits per heavy atom. The monoisotopic (exact) mass is 525 g/mol. The molecular formula is C25H31F4N5O3. The van der Waals surface area contributed by atoms with Crippen LogP contribution in [0, 0.1) is 5.92 Å². The van der Waals surface area contributed by atoms with Gasteiger partial charge < -0.3 is 26.4 Å². The van der Waals surface area contributed by atoms with Gasteiger partial charge in [0.15, 0.2) is 6.10 Å². The zero-order valence-corrected chi connectivity index (χ0v) is 20.1. The molecule has 37 heavy (non-hydrogen) atoms. The number of alkyl halides is 4. The number of alkyl carbamates (subject to hydrolysis) is 1. The molecule has 0 saturated heterocycles. The molecule has 5 N–H and O–H groups in total. The van der Waals surface area contributed by atoms with Gasteiger partial charge in [0.2, 0.25) is 0 Å². The molecule has 2 atom stereocenters. The number of nitrogens with zero attached hydrogens (tertiary/aromatic N) is 1. The van der Waals surface area contributed by atoms with E-state index in [4.69, 9.17) is 10.5 Å². The van der Waals surface area contributed by atoms with E-state index in [1.54, 1.807) is 6.07 Å². The predicted molar refractivity (Wildman–Crippen MR) is 129 cm³/mol. The summed E-state index contributed by atoms with van der Waals surface area (Å²) in [4.78, 5) is 29.7. The highest BCUT2D eigenvalue weighted by molar-refractivity contribution is 5.94. The summed E-state index contributed by atoms with van der Waals surface area (Å²) < 4.78 is 56.9. The first-order valence-electron chi connectivity index (χ1n) is 12.0. The van der Waals surface area contributed by atoms with Crippen LogP contribution in [0.25, 0.3) is 0 Å². The number of hydrogen-bond acceptors (Lipinski definition) is 6. The summed E-state index contributed by atoms with van der Waals surface area (Å²) in [5.41, 5.74) is 6.51. The van der Waals surface area contributed by atoms with Gasteiger partial charge in [0.25, 0.3) is 5.91 Å².